The summed E-state index contributed by atoms with van der Waals surface area (Å²) in [5.74, 6) is 0.0946. The first-order valence-corrected chi connectivity index (χ1v) is 21.6. The van der Waals surface area contributed by atoms with Gasteiger partial charge in [-0.25, -0.2) is 33.1 Å². The van der Waals surface area contributed by atoms with Crippen molar-refractivity contribution < 1.29 is 37.5 Å². The number of ether oxygens (including phenoxy) is 3. The second-order valence-electron chi connectivity index (χ2n) is 14.6. The van der Waals surface area contributed by atoms with Gasteiger partial charge in [-0.3, -0.25) is 37.9 Å². The van der Waals surface area contributed by atoms with E-state index in [9.17, 15) is 33.4 Å². The van der Waals surface area contributed by atoms with Crippen LogP contribution in [-0.4, -0.2) is 158 Å². The molecule has 0 aromatic carbocycles. The van der Waals surface area contributed by atoms with Gasteiger partial charge in [0.25, 0.3) is 5.56 Å². The fraction of sp³-hybridized carbons (Fsp3) is 0.625. The smallest absolute Gasteiger partial charge is 0.351 e. The molecule has 3 saturated heterocycles. The van der Waals surface area contributed by atoms with Crippen molar-refractivity contribution >= 4 is 27.0 Å². The van der Waals surface area contributed by atoms with Crippen molar-refractivity contribution in [1.29, 1.82) is 0 Å². The molecule has 3 aromatic heterocycles. The van der Waals surface area contributed by atoms with Gasteiger partial charge in [-0.15, -0.1) is 0 Å². The zero-order valence-corrected chi connectivity index (χ0v) is 35.0. The Bertz CT molecular complexity index is 2300. The number of hydrogen-bond acceptors (Lipinski definition) is 17. The third-order valence-electron chi connectivity index (χ3n) is 9.92. The number of nitrogens with two attached hydrogens (primary N) is 2. The molecule has 6 heterocycles. The number of nitrogen functional groups attached to an aromatic ring is 2. The lowest BCUT2D eigenvalue weighted by Gasteiger charge is -2.45. The fourth-order valence-corrected chi connectivity index (χ4v) is 10.8. The first-order valence-electron chi connectivity index (χ1n) is 18.6. The van der Waals surface area contributed by atoms with Crippen LogP contribution in [0.4, 0.5) is 11.6 Å². The number of aromatic nitrogens is 6. The summed E-state index contributed by atoms with van der Waals surface area (Å²) in [6.45, 7) is 0.466. The van der Waals surface area contributed by atoms with Crippen LogP contribution >= 0.6 is 15.3 Å². The second-order valence-corrected chi connectivity index (χ2v) is 19.8. The lowest BCUT2D eigenvalue weighted by Crippen LogP contribution is -2.51. The van der Waals surface area contributed by atoms with Crippen LogP contribution in [0, 0.1) is 6.92 Å². The van der Waals surface area contributed by atoms with Crippen molar-refractivity contribution in [3.8, 4) is 0 Å². The highest BCUT2D eigenvalue weighted by molar-refractivity contribution is 7.54. The highest BCUT2D eigenvalue weighted by atomic mass is 31.2. The first kappa shape index (κ1) is 44.6. The largest absolute Gasteiger partial charge is 0.394 e. The lowest BCUT2D eigenvalue weighted by atomic mass is 10.3. The topological polar surface area (TPSA) is 302 Å². The number of morpholine rings is 3. The van der Waals surface area contributed by atoms with Gasteiger partial charge in [0, 0.05) is 43.8 Å². The Hall–Kier alpha value is -3.94. The third-order valence-corrected chi connectivity index (χ3v) is 15.0. The highest BCUT2D eigenvalue weighted by Gasteiger charge is 2.46. The Kier molecular flexibility index (Phi) is 13.9. The number of nitrogens with one attached hydrogen (secondary N) is 2. The van der Waals surface area contributed by atoms with Gasteiger partial charge in [0.05, 0.1) is 57.8 Å². The molecule has 8 unspecified atom stereocenters. The highest BCUT2D eigenvalue weighted by Crippen LogP contribution is 2.56. The van der Waals surface area contributed by atoms with Gasteiger partial charge in [-0.05, 0) is 47.2 Å². The molecule has 8 atom stereocenters. The molecule has 59 heavy (non-hydrogen) atoms. The summed E-state index contributed by atoms with van der Waals surface area (Å²) < 4.78 is 69.9. The SMILES string of the molecule is Cc1cn(C2CN(P(=O)(OCC3CNC(n4ccc(N)nc4=O)CO3)N(C)C)CC(COP(=O)(N(C)C)N3CC(CO)OC(n4ccc(N)nc4=O)C3)O2)c(=O)[nH]c1=O. The van der Waals surface area contributed by atoms with Crippen LogP contribution in [0.5, 0.6) is 0 Å². The van der Waals surface area contributed by atoms with Crippen LogP contribution in [0.25, 0.3) is 0 Å². The Morgan fingerprint density at radius 3 is 1.86 bits per heavy atom. The van der Waals surface area contributed by atoms with E-state index in [0.29, 0.717) is 0 Å². The predicted octanol–water partition coefficient (Wildman–Crippen LogP) is -2.23. The van der Waals surface area contributed by atoms with Crippen molar-refractivity contribution in [3.05, 3.63) is 78.1 Å². The summed E-state index contributed by atoms with van der Waals surface area (Å²) in [5.41, 5.74) is 8.89. The molecule has 326 valence electrons. The Balaban J connectivity index is 1.22. The average Bonchev–Trinajstić information content (AvgIpc) is 3.20. The Morgan fingerprint density at radius 1 is 0.814 bits per heavy atom. The third kappa shape index (κ3) is 9.83. The van der Waals surface area contributed by atoms with Gasteiger partial charge in [0.15, 0.2) is 12.5 Å². The number of aliphatic hydroxyl groups excluding tert-OH is 1. The van der Waals surface area contributed by atoms with Gasteiger partial charge in [-0.1, -0.05) is 0 Å². The number of nitrogens with zero attached hydrogens (tertiary/aromatic N) is 9. The summed E-state index contributed by atoms with van der Waals surface area (Å²) in [5, 5.41) is 13.3. The minimum absolute atomic E-state index is 0.00291. The second kappa shape index (κ2) is 18.4. The molecule has 0 bridgehead atoms. The van der Waals surface area contributed by atoms with Crippen LogP contribution in [-0.2, 0) is 32.4 Å². The monoisotopic (exact) mass is 871 g/mol. The van der Waals surface area contributed by atoms with Gasteiger partial charge in [-0.2, -0.15) is 9.97 Å². The number of aliphatic hydroxyl groups is 1. The average molecular weight is 872 g/mol. The van der Waals surface area contributed by atoms with Gasteiger partial charge < -0.3 is 39.8 Å². The van der Waals surface area contributed by atoms with Crippen molar-refractivity contribution in [2.75, 3.05) is 98.8 Å². The Labute approximate surface area is 337 Å². The van der Waals surface area contributed by atoms with E-state index in [-0.39, 0.29) is 69.7 Å². The molecule has 3 fully saturated rings. The number of aromatic amines is 1. The minimum Gasteiger partial charge on any atom is -0.394 e. The van der Waals surface area contributed by atoms with E-state index in [0.717, 1.165) is 0 Å². The summed E-state index contributed by atoms with van der Waals surface area (Å²) in [6, 6.07) is 2.91. The molecular weight excluding hydrogens is 820 g/mol. The maximum Gasteiger partial charge on any atom is 0.351 e. The molecule has 27 heteroatoms. The van der Waals surface area contributed by atoms with Crippen LogP contribution in [0.1, 0.15) is 24.2 Å². The van der Waals surface area contributed by atoms with E-state index in [1.807, 2.05) is 0 Å². The standard InChI is InChI=1S/C32H51N13O12P2/c1-20-11-45(32(50)38-29(20)47)28-15-42(59(52,40(4)5)54-17-21-10-35-26(19-53-21)43-8-6-24(33)36-30(43)48)13-23(57-28)18-55-58(51,39(2)3)41-12-22(16-46)56-27(14-41)44-9-7-25(34)37-31(44)49/h6-9,11,21-23,26-28,35,46H,10,12-19H2,1-5H3,(H2,33,36,48)(H2,34,37,49)(H,38,47,50). The molecule has 25 nitrogen and oxygen atoms in total. The molecule has 0 aliphatic carbocycles. The number of aryl methyl sites for hydroxylation is 1. The Morgan fingerprint density at radius 2 is 1.34 bits per heavy atom. The van der Waals surface area contributed by atoms with E-state index in [1.165, 1.54) is 70.0 Å². The van der Waals surface area contributed by atoms with E-state index in [1.54, 1.807) is 28.2 Å². The molecule has 3 aliphatic heterocycles. The molecule has 6 rings (SSSR count). The first-order chi connectivity index (χ1) is 27.9. The van der Waals surface area contributed by atoms with Crippen LogP contribution in [0.2, 0.25) is 0 Å². The van der Waals surface area contributed by atoms with E-state index in [2.05, 4.69) is 20.3 Å². The molecule has 3 aromatic rings. The van der Waals surface area contributed by atoms with Crippen LogP contribution < -0.4 is 39.4 Å². The number of rotatable bonds is 14. The maximum atomic E-state index is 14.9. The summed E-state index contributed by atoms with van der Waals surface area (Å²) >= 11 is 0. The van der Waals surface area contributed by atoms with E-state index >= 15 is 0 Å². The number of H-pyrrole nitrogens is 1. The van der Waals surface area contributed by atoms with Crippen LogP contribution in [0.3, 0.4) is 0 Å². The van der Waals surface area contributed by atoms with Crippen molar-refractivity contribution in [3.63, 3.8) is 0 Å². The summed E-state index contributed by atoms with van der Waals surface area (Å²) in [6.07, 6.45) is -0.892. The van der Waals surface area contributed by atoms with Gasteiger partial charge >= 0.3 is 32.4 Å². The summed E-state index contributed by atoms with van der Waals surface area (Å²) in [7, 11) is -1.72. The van der Waals surface area contributed by atoms with Gasteiger partial charge in [0.2, 0.25) is 0 Å². The van der Waals surface area contributed by atoms with Crippen LogP contribution in [0.15, 0.2) is 49.9 Å². The molecule has 7 N–H and O–H groups in total. The van der Waals surface area contributed by atoms with E-state index in [4.69, 9.17) is 34.7 Å². The maximum absolute atomic E-state index is 14.9. The predicted molar refractivity (Wildman–Crippen MR) is 211 cm³/mol. The fourth-order valence-electron chi connectivity index (χ4n) is 6.78. The van der Waals surface area contributed by atoms with Crippen molar-refractivity contribution in [2.45, 2.75) is 43.9 Å². The van der Waals surface area contributed by atoms with E-state index < -0.39 is 81.5 Å². The van der Waals surface area contributed by atoms with Gasteiger partial charge in [0.1, 0.15) is 17.8 Å². The lowest BCUT2D eigenvalue weighted by molar-refractivity contribution is -0.129. The summed E-state index contributed by atoms with van der Waals surface area (Å²) in [4.78, 5) is 60.3. The quantitative estimate of drug-likeness (QED) is 0.107. The normalized spacial score (nSPS) is 26.8. The minimum atomic E-state index is -3.99. The van der Waals surface area contributed by atoms with Crippen molar-refractivity contribution in [1.82, 2.24) is 52.7 Å². The molecule has 0 saturated carbocycles. The zero-order chi connectivity index (χ0) is 42.8. The molecule has 0 radical (unpaired) electrons. The number of anilines is 2. The molecule has 3 aliphatic rings. The van der Waals surface area contributed by atoms with Crippen molar-refractivity contribution in [2.24, 2.45) is 0 Å². The number of hydrogen-bond donors (Lipinski definition) is 5. The molecular formula is C32H51N13O12P2. The molecule has 0 amide bonds. The molecule has 0 spiro atoms. The zero-order valence-electron chi connectivity index (χ0n) is 33.2.